The molecule has 174 valence electrons. The Morgan fingerprint density at radius 2 is 1.85 bits per heavy atom. The highest BCUT2D eigenvalue weighted by molar-refractivity contribution is 7.79. The lowest BCUT2D eigenvalue weighted by atomic mass is 9.96. The second-order valence-electron chi connectivity index (χ2n) is 8.91. The van der Waals surface area contributed by atoms with Gasteiger partial charge in [-0.2, -0.15) is 12.6 Å². The van der Waals surface area contributed by atoms with Gasteiger partial charge in [-0.1, -0.05) is 42.5 Å². The standard InChI is InChI=1S/C27H31N3O.CH4S/c31-27(29-18-20-12-14-28-15-13-20)23-10-11-26-22(17-23)8-4-16-30(26)19-24-7-3-6-21-5-1-2-9-25(21)24;1-2/h1-3,5-7,9-11,17,20,28H,4,8,12-16,18-19H2,(H,29,31);2H,1H3. The van der Waals surface area contributed by atoms with E-state index >= 15 is 0 Å². The molecule has 0 aromatic heterocycles. The van der Waals surface area contributed by atoms with Crippen molar-refractivity contribution in [1.29, 1.82) is 0 Å². The van der Waals surface area contributed by atoms with Gasteiger partial charge in [-0.25, -0.2) is 0 Å². The molecule has 1 saturated heterocycles. The number of thiol groups is 1. The third kappa shape index (κ3) is 5.71. The van der Waals surface area contributed by atoms with E-state index in [1.807, 2.05) is 6.07 Å². The molecule has 4 nitrogen and oxygen atoms in total. The summed E-state index contributed by atoms with van der Waals surface area (Å²) in [6, 6.07) is 21.4. The van der Waals surface area contributed by atoms with Crippen molar-refractivity contribution in [3.05, 3.63) is 77.4 Å². The Bertz CT molecular complexity index is 1070. The van der Waals surface area contributed by atoms with Gasteiger partial charge in [-0.05, 0) is 91.0 Å². The van der Waals surface area contributed by atoms with Crippen LogP contribution in [0.3, 0.4) is 0 Å². The molecule has 1 fully saturated rings. The SMILES string of the molecule is CS.O=C(NCC1CCNCC1)c1ccc2c(c1)CCCN2Cc1cccc2ccccc12. The molecular formula is C28H35N3OS. The predicted molar refractivity (Wildman–Crippen MR) is 143 cm³/mol. The van der Waals surface area contributed by atoms with Crippen LogP contribution in [0.25, 0.3) is 10.8 Å². The summed E-state index contributed by atoms with van der Waals surface area (Å²) in [6.07, 6.45) is 6.15. The van der Waals surface area contributed by atoms with Gasteiger partial charge in [0.2, 0.25) is 0 Å². The zero-order valence-electron chi connectivity index (χ0n) is 19.5. The number of piperidine rings is 1. The summed E-state index contributed by atoms with van der Waals surface area (Å²) in [7, 11) is 0. The fourth-order valence-electron chi connectivity index (χ4n) is 5.04. The van der Waals surface area contributed by atoms with Crippen LogP contribution in [0.4, 0.5) is 5.69 Å². The van der Waals surface area contributed by atoms with E-state index in [1.165, 1.54) is 27.6 Å². The Balaban J connectivity index is 0.00000126. The van der Waals surface area contributed by atoms with Gasteiger partial charge >= 0.3 is 0 Å². The van der Waals surface area contributed by atoms with Crippen molar-refractivity contribution in [3.63, 3.8) is 0 Å². The number of amides is 1. The van der Waals surface area contributed by atoms with Crippen molar-refractivity contribution in [1.82, 2.24) is 10.6 Å². The summed E-state index contributed by atoms with van der Waals surface area (Å²) in [5, 5.41) is 9.16. The van der Waals surface area contributed by atoms with Crippen LogP contribution in [0.1, 0.15) is 40.7 Å². The molecule has 0 atom stereocenters. The molecule has 3 aromatic rings. The second-order valence-corrected chi connectivity index (χ2v) is 8.91. The maximum atomic E-state index is 12.8. The third-order valence-electron chi connectivity index (χ3n) is 6.81. The Morgan fingerprint density at radius 1 is 1.06 bits per heavy atom. The number of rotatable bonds is 5. The minimum atomic E-state index is 0.0625. The number of carbonyl (C=O) groups is 1. The van der Waals surface area contributed by atoms with Crippen LogP contribution in [0.15, 0.2) is 60.7 Å². The number of anilines is 1. The van der Waals surface area contributed by atoms with Crippen LogP contribution in [-0.2, 0) is 13.0 Å². The maximum absolute atomic E-state index is 12.8. The monoisotopic (exact) mass is 461 g/mol. The van der Waals surface area contributed by atoms with E-state index in [-0.39, 0.29) is 5.91 Å². The van der Waals surface area contributed by atoms with Gasteiger partial charge in [-0.15, -0.1) is 0 Å². The van der Waals surface area contributed by atoms with E-state index in [0.29, 0.717) is 5.92 Å². The van der Waals surface area contributed by atoms with Gasteiger partial charge in [0.1, 0.15) is 0 Å². The number of nitrogens with zero attached hydrogens (tertiary/aromatic N) is 1. The zero-order valence-corrected chi connectivity index (χ0v) is 20.4. The van der Waals surface area contributed by atoms with Gasteiger partial charge < -0.3 is 15.5 Å². The first-order valence-electron chi connectivity index (χ1n) is 12.1. The quantitative estimate of drug-likeness (QED) is 0.465. The normalized spacial score (nSPS) is 16.0. The van der Waals surface area contributed by atoms with Crippen molar-refractivity contribution < 1.29 is 4.79 Å². The van der Waals surface area contributed by atoms with Gasteiger partial charge in [-0.3, -0.25) is 4.79 Å². The van der Waals surface area contributed by atoms with Gasteiger partial charge in [0, 0.05) is 30.9 Å². The molecule has 5 heteroatoms. The zero-order chi connectivity index (χ0) is 23.0. The molecule has 33 heavy (non-hydrogen) atoms. The molecule has 0 aliphatic carbocycles. The molecule has 5 rings (SSSR count). The van der Waals surface area contributed by atoms with Crippen molar-refractivity contribution in [2.45, 2.75) is 32.2 Å². The van der Waals surface area contributed by atoms with Crippen molar-refractivity contribution in [3.8, 4) is 0 Å². The highest BCUT2D eigenvalue weighted by atomic mass is 32.1. The van der Waals surface area contributed by atoms with E-state index in [0.717, 1.165) is 64.0 Å². The van der Waals surface area contributed by atoms with Crippen LogP contribution in [0, 0.1) is 5.92 Å². The molecule has 2 N–H and O–H groups in total. The third-order valence-corrected chi connectivity index (χ3v) is 6.81. The molecule has 2 aliphatic rings. The highest BCUT2D eigenvalue weighted by Crippen LogP contribution is 2.31. The lowest BCUT2D eigenvalue weighted by molar-refractivity contribution is 0.0944. The molecule has 0 unspecified atom stereocenters. The molecule has 1 amide bonds. The first-order valence-corrected chi connectivity index (χ1v) is 13.0. The Labute approximate surface area is 203 Å². The number of aryl methyl sites for hydroxylation is 1. The maximum Gasteiger partial charge on any atom is 0.251 e. The fourth-order valence-corrected chi connectivity index (χ4v) is 5.04. The first-order chi connectivity index (χ1) is 16.3. The number of hydrogen-bond donors (Lipinski definition) is 3. The Kier molecular flexibility index (Phi) is 8.30. The smallest absolute Gasteiger partial charge is 0.251 e. The summed E-state index contributed by atoms with van der Waals surface area (Å²) in [5.41, 5.74) is 4.71. The average Bonchev–Trinajstić information content (AvgIpc) is 2.89. The Morgan fingerprint density at radius 3 is 2.70 bits per heavy atom. The average molecular weight is 462 g/mol. The molecular weight excluding hydrogens is 426 g/mol. The van der Waals surface area contributed by atoms with Crippen LogP contribution in [0.2, 0.25) is 0 Å². The largest absolute Gasteiger partial charge is 0.367 e. The summed E-state index contributed by atoms with van der Waals surface area (Å²) >= 11 is 3.53. The van der Waals surface area contributed by atoms with E-state index in [2.05, 4.69) is 82.8 Å². The molecule has 0 radical (unpaired) electrons. The van der Waals surface area contributed by atoms with Gasteiger partial charge in [0.05, 0.1) is 0 Å². The molecule has 2 heterocycles. The van der Waals surface area contributed by atoms with E-state index in [1.54, 1.807) is 6.26 Å². The predicted octanol–water partition coefficient (Wildman–Crippen LogP) is 5.07. The number of nitrogens with one attached hydrogen (secondary N) is 2. The minimum Gasteiger partial charge on any atom is -0.367 e. The first kappa shape index (κ1) is 23.7. The van der Waals surface area contributed by atoms with Crippen molar-refractivity contribution in [2.75, 3.05) is 37.3 Å². The van der Waals surface area contributed by atoms with Crippen LogP contribution in [-0.4, -0.2) is 38.3 Å². The van der Waals surface area contributed by atoms with Crippen LogP contribution >= 0.6 is 12.6 Å². The van der Waals surface area contributed by atoms with Crippen LogP contribution in [0.5, 0.6) is 0 Å². The summed E-state index contributed by atoms with van der Waals surface area (Å²) in [6.45, 7) is 4.86. The van der Waals surface area contributed by atoms with Gasteiger partial charge in [0.15, 0.2) is 0 Å². The van der Waals surface area contributed by atoms with Crippen LogP contribution < -0.4 is 15.5 Å². The number of hydrogen-bond acceptors (Lipinski definition) is 4. The van der Waals surface area contributed by atoms with E-state index < -0.39 is 0 Å². The van der Waals surface area contributed by atoms with E-state index in [4.69, 9.17) is 0 Å². The fraction of sp³-hybridized carbons (Fsp3) is 0.393. The van der Waals surface area contributed by atoms with Gasteiger partial charge in [0.25, 0.3) is 5.91 Å². The lowest BCUT2D eigenvalue weighted by Crippen LogP contribution is -2.36. The molecule has 0 bridgehead atoms. The molecule has 0 spiro atoms. The summed E-state index contributed by atoms with van der Waals surface area (Å²) < 4.78 is 0. The minimum absolute atomic E-state index is 0.0625. The van der Waals surface area contributed by atoms with Crippen molar-refractivity contribution >= 4 is 35.0 Å². The number of carbonyl (C=O) groups excluding carboxylic acids is 1. The lowest BCUT2D eigenvalue weighted by Gasteiger charge is -2.32. The molecule has 3 aromatic carbocycles. The highest BCUT2D eigenvalue weighted by Gasteiger charge is 2.20. The Hall–Kier alpha value is -2.50. The number of benzene rings is 3. The summed E-state index contributed by atoms with van der Waals surface area (Å²) in [4.78, 5) is 15.2. The number of fused-ring (bicyclic) bond motifs is 2. The molecule has 2 aliphatic heterocycles. The molecule has 0 saturated carbocycles. The second kappa shape index (κ2) is 11.6. The topological polar surface area (TPSA) is 44.4 Å². The van der Waals surface area contributed by atoms with E-state index in [9.17, 15) is 4.79 Å². The summed E-state index contributed by atoms with van der Waals surface area (Å²) in [5.74, 6) is 0.659. The van der Waals surface area contributed by atoms with Crippen molar-refractivity contribution in [2.24, 2.45) is 5.92 Å².